The highest BCUT2D eigenvalue weighted by atomic mass is 28.4. The Balaban J connectivity index is 0. The second kappa shape index (κ2) is 20.0. The van der Waals surface area contributed by atoms with E-state index in [-0.39, 0.29) is 6.04 Å². The quantitative estimate of drug-likeness (QED) is 0.240. The van der Waals surface area contributed by atoms with Gasteiger partial charge in [0.15, 0.2) is 0 Å². The van der Waals surface area contributed by atoms with E-state index in [0.29, 0.717) is 25.9 Å². The molecule has 0 spiro atoms. The van der Waals surface area contributed by atoms with Gasteiger partial charge < -0.3 is 37.6 Å². The van der Waals surface area contributed by atoms with Gasteiger partial charge in [0, 0.05) is 59.3 Å². The maximum Gasteiger partial charge on any atom is 0.502 e. The Bertz CT molecular complexity index is 325. The third-order valence-electron chi connectivity index (χ3n) is 4.14. The van der Waals surface area contributed by atoms with E-state index < -0.39 is 17.6 Å². The molecule has 0 saturated heterocycles. The van der Waals surface area contributed by atoms with Gasteiger partial charge >= 0.3 is 17.6 Å². The Hall–Kier alpha value is 0.114. The van der Waals surface area contributed by atoms with Crippen LogP contribution < -0.4 is 11.1 Å². The zero-order valence-corrected chi connectivity index (χ0v) is 22.2. The largest absolute Gasteiger partial charge is 0.502 e. The molecule has 1 atom stereocenters. The molecule has 0 aromatic heterocycles. The fraction of sp³-hybridized carbons (Fsp3) is 1.00. The van der Waals surface area contributed by atoms with Crippen LogP contribution in [0.2, 0.25) is 12.1 Å². The summed E-state index contributed by atoms with van der Waals surface area (Å²) >= 11 is 0. The average Bonchev–Trinajstić information content (AvgIpc) is 2.69. The van der Waals surface area contributed by atoms with Crippen LogP contribution in [-0.4, -0.2) is 77.9 Å². The molecule has 0 aliphatic rings. The molecule has 0 saturated carbocycles. The smallest absolute Gasteiger partial charge is 0.377 e. The predicted octanol–water partition coefficient (Wildman–Crippen LogP) is 3.03. The zero-order chi connectivity index (χ0) is 22.6. The van der Waals surface area contributed by atoms with Crippen molar-refractivity contribution in [3.8, 4) is 0 Å². The first kappa shape index (κ1) is 31.3. The van der Waals surface area contributed by atoms with Crippen molar-refractivity contribution in [1.29, 1.82) is 0 Å². The van der Waals surface area contributed by atoms with Crippen molar-refractivity contribution in [2.24, 2.45) is 5.73 Å². The van der Waals surface area contributed by atoms with E-state index in [1.165, 1.54) is 12.8 Å². The van der Waals surface area contributed by atoms with Gasteiger partial charge in [-0.3, -0.25) is 0 Å². The van der Waals surface area contributed by atoms with Crippen molar-refractivity contribution in [3.05, 3.63) is 0 Å². The molecule has 0 amide bonds. The Morgan fingerprint density at radius 2 is 1.21 bits per heavy atom. The lowest BCUT2D eigenvalue weighted by Gasteiger charge is -2.29. The van der Waals surface area contributed by atoms with Gasteiger partial charge in [-0.2, -0.15) is 0 Å². The molecule has 10 heteroatoms. The van der Waals surface area contributed by atoms with E-state index in [4.69, 9.17) is 32.3 Å². The van der Waals surface area contributed by atoms with E-state index in [1.807, 2.05) is 27.7 Å². The summed E-state index contributed by atoms with van der Waals surface area (Å²) in [5.41, 5.74) is 5.76. The molecule has 0 aromatic rings. The standard InChI is InChI=1S/C10H25NO3Si.C9H23NO3Si/c1-5-6-8-11-9-7-10-15(12-2,13-3)14-4;1-5-11-14(12-6-2,13-7-3)8-9(4)10/h11H,5-10H2,1-4H3;9H,5-8,10H2,1-4H3. The van der Waals surface area contributed by atoms with Crippen LogP contribution in [0.4, 0.5) is 0 Å². The minimum atomic E-state index is -2.48. The van der Waals surface area contributed by atoms with Gasteiger partial charge in [-0.15, -0.1) is 0 Å². The number of nitrogens with two attached hydrogens (primary N) is 1. The predicted molar refractivity (Wildman–Crippen MR) is 123 cm³/mol. The summed E-state index contributed by atoms with van der Waals surface area (Å²) in [4.78, 5) is 0. The second-order valence-electron chi connectivity index (χ2n) is 6.67. The summed E-state index contributed by atoms with van der Waals surface area (Å²) in [6.45, 7) is 13.9. The number of nitrogens with one attached hydrogen (secondary N) is 1. The molecular formula is C19H48N2O6Si2. The number of hydrogen-bond acceptors (Lipinski definition) is 8. The summed E-state index contributed by atoms with van der Waals surface area (Å²) in [6, 6.07) is 1.60. The maximum absolute atomic E-state index is 5.76. The molecule has 0 radical (unpaired) electrons. The molecule has 0 bridgehead atoms. The van der Waals surface area contributed by atoms with Crippen LogP contribution in [0.3, 0.4) is 0 Å². The molecule has 0 aliphatic carbocycles. The lowest BCUT2D eigenvalue weighted by Crippen LogP contribution is -2.49. The minimum absolute atomic E-state index is 0.0475. The van der Waals surface area contributed by atoms with E-state index in [9.17, 15) is 0 Å². The molecule has 178 valence electrons. The fourth-order valence-electron chi connectivity index (χ4n) is 2.77. The third kappa shape index (κ3) is 15.5. The average molecular weight is 457 g/mol. The molecule has 0 rings (SSSR count). The first-order valence-electron chi connectivity index (χ1n) is 10.9. The molecule has 0 fully saturated rings. The lowest BCUT2D eigenvalue weighted by atomic mass is 10.3. The van der Waals surface area contributed by atoms with Crippen LogP contribution in [0.5, 0.6) is 0 Å². The van der Waals surface area contributed by atoms with Crippen molar-refractivity contribution in [3.63, 3.8) is 0 Å². The third-order valence-corrected chi connectivity index (χ3v) is 10.3. The van der Waals surface area contributed by atoms with Crippen LogP contribution in [0.15, 0.2) is 0 Å². The van der Waals surface area contributed by atoms with Crippen LogP contribution >= 0.6 is 0 Å². The monoisotopic (exact) mass is 456 g/mol. The summed E-state index contributed by atoms with van der Waals surface area (Å²) in [7, 11) is 0.160. The zero-order valence-electron chi connectivity index (χ0n) is 20.2. The highest BCUT2D eigenvalue weighted by Gasteiger charge is 2.41. The van der Waals surface area contributed by atoms with Crippen LogP contribution in [0, 0.1) is 0 Å². The number of hydrogen-bond donors (Lipinski definition) is 2. The van der Waals surface area contributed by atoms with Crippen molar-refractivity contribution in [2.45, 2.75) is 72.0 Å². The maximum atomic E-state index is 5.76. The molecular weight excluding hydrogens is 408 g/mol. The van der Waals surface area contributed by atoms with E-state index in [0.717, 1.165) is 25.6 Å². The van der Waals surface area contributed by atoms with Gasteiger partial charge in [-0.1, -0.05) is 13.3 Å². The Morgan fingerprint density at radius 1 is 0.759 bits per heavy atom. The summed E-state index contributed by atoms with van der Waals surface area (Å²) < 4.78 is 32.9. The van der Waals surface area contributed by atoms with E-state index in [1.54, 1.807) is 21.3 Å². The fourth-order valence-corrected chi connectivity index (χ4v) is 7.20. The summed E-state index contributed by atoms with van der Waals surface area (Å²) in [5.74, 6) is 0. The Labute approximate surface area is 181 Å². The highest BCUT2D eigenvalue weighted by molar-refractivity contribution is 6.61. The van der Waals surface area contributed by atoms with Crippen molar-refractivity contribution < 1.29 is 26.6 Å². The Kier molecular flexibility index (Phi) is 21.6. The van der Waals surface area contributed by atoms with Gasteiger partial charge in [0.2, 0.25) is 0 Å². The van der Waals surface area contributed by atoms with Gasteiger partial charge in [0.1, 0.15) is 0 Å². The van der Waals surface area contributed by atoms with Crippen molar-refractivity contribution in [1.82, 2.24) is 5.32 Å². The van der Waals surface area contributed by atoms with Crippen LogP contribution in [0.1, 0.15) is 53.9 Å². The van der Waals surface area contributed by atoms with Gasteiger partial charge in [0.25, 0.3) is 0 Å². The van der Waals surface area contributed by atoms with Crippen molar-refractivity contribution in [2.75, 3.05) is 54.2 Å². The molecule has 0 aromatic carbocycles. The molecule has 0 heterocycles. The van der Waals surface area contributed by atoms with Crippen molar-refractivity contribution >= 4 is 17.6 Å². The number of rotatable bonds is 18. The lowest BCUT2D eigenvalue weighted by molar-refractivity contribution is 0.0701. The van der Waals surface area contributed by atoms with Gasteiger partial charge in [0.05, 0.1) is 0 Å². The summed E-state index contributed by atoms with van der Waals surface area (Å²) in [5, 5.41) is 3.39. The van der Waals surface area contributed by atoms with E-state index >= 15 is 0 Å². The molecule has 3 N–H and O–H groups in total. The second-order valence-corrected chi connectivity index (χ2v) is 12.4. The topological polar surface area (TPSA) is 93.4 Å². The SMILES string of the molecule is CCCCNCCC[Si](OC)(OC)OC.CCO[Si](CC(C)N)(OCC)OCC. The van der Waals surface area contributed by atoms with Crippen LogP contribution in [0.25, 0.3) is 0 Å². The van der Waals surface area contributed by atoms with Crippen LogP contribution in [-0.2, 0) is 26.6 Å². The molecule has 29 heavy (non-hydrogen) atoms. The van der Waals surface area contributed by atoms with E-state index in [2.05, 4.69) is 12.2 Å². The molecule has 8 nitrogen and oxygen atoms in total. The molecule has 0 aliphatic heterocycles. The molecule has 1 unspecified atom stereocenters. The van der Waals surface area contributed by atoms with Gasteiger partial charge in [-0.05, 0) is 53.6 Å². The summed E-state index contributed by atoms with van der Waals surface area (Å²) in [6.07, 6.45) is 3.51. The normalized spacial score (nSPS) is 13.1. The first-order chi connectivity index (χ1) is 13.8. The highest BCUT2D eigenvalue weighted by Crippen LogP contribution is 2.17. The Morgan fingerprint density at radius 3 is 1.55 bits per heavy atom. The first-order valence-corrected chi connectivity index (χ1v) is 14.7. The minimum Gasteiger partial charge on any atom is -0.377 e. The van der Waals surface area contributed by atoms with Gasteiger partial charge in [-0.25, -0.2) is 0 Å². The number of unbranched alkanes of at least 4 members (excludes halogenated alkanes) is 1.